The van der Waals surface area contributed by atoms with Gasteiger partial charge in [0.25, 0.3) is 0 Å². The Morgan fingerprint density at radius 3 is 2.30 bits per heavy atom. The van der Waals surface area contributed by atoms with Crippen LogP contribution in [0, 0.1) is 0 Å². The molecule has 6 aromatic carbocycles. The zero-order valence-electron chi connectivity index (χ0n) is 40.1. The lowest BCUT2D eigenvalue weighted by Crippen LogP contribution is -2.17. The van der Waals surface area contributed by atoms with Crippen LogP contribution in [0.15, 0.2) is 138 Å². The first-order chi connectivity index (χ1) is 29.7. The van der Waals surface area contributed by atoms with Gasteiger partial charge in [0.15, 0.2) is 11.6 Å². The van der Waals surface area contributed by atoms with E-state index in [-0.39, 0.29) is 17.0 Å². The topological polar surface area (TPSA) is 56.7 Å². The zero-order valence-corrected chi connectivity index (χ0v) is 24.1. The van der Waals surface area contributed by atoms with Gasteiger partial charge >= 0.3 is 0 Å². The van der Waals surface area contributed by atoms with Crippen LogP contribution in [0.5, 0.6) is 0 Å². The number of hydrogen-bond acceptors (Lipinski definition) is 4. The molecule has 0 aliphatic heterocycles. The summed E-state index contributed by atoms with van der Waals surface area (Å²) in [5, 5.41) is 0.660. The molecule has 0 saturated carbocycles. The highest BCUT2D eigenvalue weighted by Crippen LogP contribution is 2.52. The fourth-order valence-corrected chi connectivity index (χ4v) is 6.50. The molecule has 1 aliphatic rings. The van der Waals surface area contributed by atoms with E-state index < -0.39 is 124 Å². The molecule has 3 heterocycles. The Morgan fingerprint density at radius 2 is 1.40 bits per heavy atom. The summed E-state index contributed by atoms with van der Waals surface area (Å²) >= 11 is 0. The van der Waals surface area contributed by atoms with Crippen molar-refractivity contribution in [2.75, 3.05) is 0 Å². The number of aromatic nitrogens is 4. The maximum atomic E-state index is 9.50. The Labute approximate surface area is 293 Å². The molecule has 10 rings (SSSR count). The molecule has 0 atom stereocenters. The molecule has 0 saturated heterocycles. The van der Waals surface area contributed by atoms with Crippen molar-refractivity contribution in [1.82, 2.24) is 19.5 Å². The molecule has 0 bridgehead atoms. The maximum absolute atomic E-state index is 9.50. The standard InChI is InChI=1S/C42H28N4O/c1-42(2)33-17-9-6-14-27(33)30-21-22-31-28-15-7-10-18-34(28)46(38(31)37(30)42)41-44-39(25-12-4-3-5-13-25)43-40(45-41)26-20-23-36-32(24-26)29-16-8-11-19-35(29)47-36/h3-24H,1-2H3/i1D3,2D3,6D,7D,9D,10D,14D,15D,17D,18D,21D,22D. The molecule has 0 unspecified atom stereocenters. The third-order valence-corrected chi connectivity index (χ3v) is 8.58. The van der Waals surface area contributed by atoms with Crippen LogP contribution in [-0.2, 0) is 5.41 Å². The van der Waals surface area contributed by atoms with E-state index in [1.54, 1.807) is 48.5 Å². The summed E-state index contributed by atoms with van der Waals surface area (Å²) < 4.78 is 152. The number of nitrogens with zero attached hydrogens (tertiary/aromatic N) is 4. The van der Waals surface area contributed by atoms with Crippen molar-refractivity contribution in [1.29, 1.82) is 0 Å². The predicted octanol–water partition coefficient (Wildman–Crippen LogP) is 10.5. The minimum Gasteiger partial charge on any atom is -0.456 e. The molecule has 0 spiro atoms. The van der Waals surface area contributed by atoms with Crippen molar-refractivity contribution in [3.05, 3.63) is 144 Å². The second-order valence-corrected chi connectivity index (χ2v) is 11.2. The van der Waals surface area contributed by atoms with Gasteiger partial charge in [-0.3, -0.25) is 4.57 Å². The molecule has 5 heteroatoms. The second-order valence-electron chi connectivity index (χ2n) is 11.2. The average Bonchev–Trinajstić information content (AvgIpc) is 3.92. The number of furan rings is 1. The molecule has 0 N–H and O–H groups in total. The van der Waals surface area contributed by atoms with Gasteiger partial charge in [-0.15, -0.1) is 0 Å². The Hall–Kier alpha value is -6.07. The van der Waals surface area contributed by atoms with Crippen molar-refractivity contribution in [3.8, 4) is 39.9 Å². The molecule has 0 amide bonds. The highest BCUT2D eigenvalue weighted by atomic mass is 16.3. The maximum Gasteiger partial charge on any atom is 0.238 e. The SMILES string of the molecule is [2H]c1c([2H])c([2H])c2c(c1[2H])-c1c([2H])c([2H])c3c4c([2H])c([2H])c([2H])c([2H])c4n(-c4nc(-c5ccccc5)nc(-c5ccc6oc7ccccc7c6c5)n4)c3c1C2(C([2H])([2H])[2H])C([2H])([2H])[2H]. The molecule has 0 fully saturated rings. The first-order valence-electron chi connectivity index (χ1n) is 22.6. The van der Waals surface area contributed by atoms with E-state index in [0.29, 0.717) is 27.7 Å². The number of benzene rings is 6. The van der Waals surface area contributed by atoms with E-state index in [9.17, 15) is 5.48 Å². The lowest BCUT2D eigenvalue weighted by atomic mass is 9.81. The van der Waals surface area contributed by atoms with Crippen LogP contribution in [0.25, 0.3) is 83.6 Å². The lowest BCUT2D eigenvalue weighted by Gasteiger charge is -2.23. The molecule has 9 aromatic rings. The predicted molar refractivity (Wildman–Crippen MR) is 190 cm³/mol. The quantitative estimate of drug-likeness (QED) is 0.197. The Balaban J connectivity index is 1.47. The minimum absolute atomic E-state index is 0.0162. The fourth-order valence-electron chi connectivity index (χ4n) is 6.50. The van der Waals surface area contributed by atoms with Crippen molar-refractivity contribution >= 4 is 43.7 Å². The molecular weight excluding hydrogens is 576 g/mol. The summed E-state index contributed by atoms with van der Waals surface area (Å²) in [5.74, 6) is -0.354. The smallest absolute Gasteiger partial charge is 0.238 e. The van der Waals surface area contributed by atoms with Crippen LogP contribution in [0.4, 0.5) is 0 Å². The molecular formula is C42H28N4O. The number of rotatable bonds is 3. The highest BCUT2D eigenvalue weighted by molar-refractivity contribution is 6.13. The van der Waals surface area contributed by atoms with Gasteiger partial charge < -0.3 is 4.42 Å². The molecule has 222 valence electrons. The second kappa shape index (κ2) is 9.47. The van der Waals surface area contributed by atoms with Gasteiger partial charge in [-0.1, -0.05) is 117 Å². The zero-order chi connectivity index (χ0) is 45.0. The monoisotopic (exact) mass is 620 g/mol. The van der Waals surface area contributed by atoms with Crippen LogP contribution in [0.1, 0.15) is 46.8 Å². The van der Waals surface area contributed by atoms with Crippen LogP contribution >= 0.6 is 0 Å². The van der Waals surface area contributed by atoms with E-state index >= 15 is 0 Å². The minimum atomic E-state index is -3.68. The molecule has 1 aliphatic carbocycles. The van der Waals surface area contributed by atoms with Gasteiger partial charge in [-0.25, -0.2) is 4.98 Å². The van der Waals surface area contributed by atoms with Crippen molar-refractivity contribution in [2.24, 2.45) is 0 Å². The molecule has 47 heavy (non-hydrogen) atoms. The largest absolute Gasteiger partial charge is 0.456 e. The van der Waals surface area contributed by atoms with Gasteiger partial charge in [-0.05, 0) is 52.6 Å². The third kappa shape index (κ3) is 3.68. The van der Waals surface area contributed by atoms with E-state index in [4.69, 9.17) is 35.8 Å². The van der Waals surface area contributed by atoms with Crippen LogP contribution in [0.2, 0.25) is 0 Å². The van der Waals surface area contributed by atoms with Gasteiger partial charge in [0.1, 0.15) is 11.2 Å². The molecule has 3 aromatic heterocycles. The fraction of sp³-hybridized carbons (Fsp3) is 0.0714. The molecule has 5 nitrogen and oxygen atoms in total. The summed E-state index contributed by atoms with van der Waals surface area (Å²) in [7, 11) is 0. The Morgan fingerprint density at radius 1 is 0.638 bits per heavy atom. The van der Waals surface area contributed by atoms with Crippen molar-refractivity contribution in [3.63, 3.8) is 0 Å². The van der Waals surface area contributed by atoms with Gasteiger partial charge in [0, 0.05) is 46.3 Å². The molecule has 0 radical (unpaired) electrons. The Bertz CT molecular complexity index is 3490. The van der Waals surface area contributed by atoms with Crippen LogP contribution in [0.3, 0.4) is 0 Å². The summed E-state index contributed by atoms with van der Waals surface area (Å²) in [6.45, 7) is -7.37. The number of para-hydroxylation sites is 2. The summed E-state index contributed by atoms with van der Waals surface area (Å²) in [6, 6.07) is 13.1. The average molecular weight is 621 g/mol. The number of fused-ring (bicyclic) bond motifs is 10. The van der Waals surface area contributed by atoms with E-state index in [2.05, 4.69) is 0 Å². The van der Waals surface area contributed by atoms with E-state index in [1.165, 1.54) is 0 Å². The summed E-state index contributed by atoms with van der Waals surface area (Å²) in [4.78, 5) is 14.5. The van der Waals surface area contributed by atoms with E-state index in [0.717, 1.165) is 9.95 Å². The first kappa shape index (κ1) is 15.0. The van der Waals surface area contributed by atoms with Gasteiger partial charge in [-0.2, -0.15) is 9.97 Å². The summed E-state index contributed by atoms with van der Waals surface area (Å²) in [6.07, 6.45) is 0. The first-order valence-corrected chi connectivity index (χ1v) is 14.6. The van der Waals surface area contributed by atoms with Crippen molar-refractivity contribution < 1.29 is 26.3 Å². The Kier molecular flexibility index (Phi) is 3.03. The van der Waals surface area contributed by atoms with Crippen LogP contribution in [-0.4, -0.2) is 19.5 Å². The lowest BCUT2D eigenvalue weighted by molar-refractivity contribution is 0.663. The van der Waals surface area contributed by atoms with Gasteiger partial charge in [0.2, 0.25) is 5.95 Å². The summed E-state index contributed by atoms with van der Waals surface area (Å²) in [5.41, 5.74) is -4.98. The van der Waals surface area contributed by atoms with Crippen molar-refractivity contribution in [2.45, 2.75) is 19.1 Å². The normalized spacial score (nSPS) is 18.9. The van der Waals surface area contributed by atoms with E-state index in [1.807, 2.05) is 24.3 Å². The van der Waals surface area contributed by atoms with Gasteiger partial charge in [0.05, 0.1) is 24.7 Å². The highest BCUT2D eigenvalue weighted by Gasteiger charge is 2.38. The third-order valence-electron chi connectivity index (χ3n) is 8.58. The number of hydrogen-bond donors (Lipinski definition) is 0. The van der Waals surface area contributed by atoms with Crippen LogP contribution < -0.4 is 0 Å².